The Morgan fingerprint density at radius 3 is 2.81 bits per heavy atom. The predicted molar refractivity (Wildman–Crippen MR) is 145 cm³/mol. The molecule has 0 amide bonds. The van der Waals surface area contributed by atoms with E-state index in [2.05, 4.69) is 65.4 Å². The Hall–Kier alpha value is -2.74. The molecule has 1 atom stereocenters. The first kappa shape index (κ1) is 24.9. The van der Waals surface area contributed by atoms with Crippen molar-refractivity contribution in [1.29, 1.82) is 0 Å². The molecule has 0 radical (unpaired) electrons. The lowest BCUT2D eigenvalue weighted by Crippen LogP contribution is -2.35. The van der Waals surface area contributed by atoms with E-state index in [9.17, 15) is 4.79 Å². The van der Waals surface area contributed by atoms with Crippen LogP contribution in [0.1, 0.15) is 35.1 Å². The summed E-state index contributed by atoms with van der Waals surface area (Å²) in [5.74, 6) is 1.30. The van der Waals surface area contributed by atoms with Crippen LogP contribution in [0.2, 0.25) is 0 Å². The van der Waals surface area contributed by atoms with Crippen LogP contribution in [0.25, 0.3) is 11.3 Å². The van der Waals surface area contributed by atoms with E-state index in [0.29, 0.717) is 18.9 Å². The second-order valence-corrected chi connectivity index (χ2v) is 10.8. The number of ether oxygens (including phenoxy) is 2. The van der Waals surface area contributed by atoms with Crippen molar-refractivity contribution in [3.63, 3.8) is 0 Å². The summed E-state index contributed by atoms with van der Waals surface area (Å²) < 4.78 is 11.8. The predicted octanol–water partition coefficient (Wildman–Crippen LogP) is 5.25. The minimum Gasteiger partial charge on any atom is -0.488 e. The number of aromatic nitrogens is 1. The van der Waals surface area contributed by atoms with Crippen molar-refractivity contribution in [2.75, 3.05) is 44.3 Å². The number of benzene rings is 2. The van der Waals surface area contributed by atoms with Crippen molar-refractivity contribution in [2.45, 2.75) is 39.8 Å². The zero-order chi connectivity index (χ0) is 24.9. The third kappa shape index (κ3) is 5.97. The first-order chi connectivity index (χ1) is 17.6. The number of hydrogen-bond donors (Lipinski definition) is 0. The molecule has 190 valence electrons. The third-order valence-corrected chi connectivity index (χ3v) is 8.09. The summed E-state index contributed by atoms with van der Waals surface area (Å²) in [7, 11) is 0. The molecule has 7 heteroatoms. The maximum Gasteiger partial charge on any atom is 0.185 e. The maximum absolute atomic E-state index is 10.9. The molecule has 0 N–H and O–H groups in total. The third-order valence-electron chi connectivity index (χ3n) is 7.19. The summed E-state index contributed by atoms with van der Waals surface area (Å²) in [5, 5.41) is 3.15. The molecule has 5 rings (SSSR count). The molecule has 3 heterocycles. The Kier molecular flexibility index (Phi) is 7.99. The molecule has 2 saturated heterocycles. The zero-order valence-electron chi connectivity index (χ0n) is 21.2. The smallest absolute Gasteiger partial charge is 0.185 e. The van der Waals surface area contributed by atoms with Gasteiger partial charge in [-0.25, -0.2) is 4.98 Å². The molecule has 1 unspecified atom stereocenters. The van der Waals surface area contributed by atoms with Crippen LogP contribution in [-0.2, 0) is 22.7 Å². The van der Waals surface area contributed by atoms with Crippen molar-refractivity contribution in [3.05, 3.63) is 64.0 Å². The van der Waals surface area contributed by atoms with Gasteiger partial charge in [0.2, 0.25) is 0 Å². The summed E-state index contributed by atoms with van der Waals surface area (Å²) in [4.78, 5) is 20.6. The van der Waals surface area contributed by atoms with Crippen molar-refractivity contribution >= 4 is 22.8 Å². The number of aryl methyl sites for hydroxylation is 2. The number of aldehydes is 1. The Morgan fingerprint density at radius 1 is 1.14 bits per heavy atom. The van der Waals surface area contributed by atoms with Gasteiger partial charge in [-0.3, -0.25) is 4.90 Å². The monoisotopic (exact) mass is 505 g/mol. The highest BCUT2D eigenvalue weighted by atomic mass is 32.1. The van der Waals surface area contributed by atoms with Gasteiger partial charge in [-0.05, 0) is 55.0 Å². The molecule has 2 aliphatic heterocycles. The fraction of sp³-hybridized carbons (Fsp3) is 0.448. The fourth-order valence-electron chi connectivity index (χ4n) is 5.03. The summed E-state index contributed by atoms with van der Waals surface area (Å²) in [5.41, 5.74) is 6.95. The molecule has 2 aromatic carbocycles. The number of anilines is 1. The number of carbonyl (C=O) groups is 1. The average Bonchev–Trinajstić information content (AvgIpc) is 3.55. The molecule has 0 spiro atoms. The SMILES string of the molecule is Cc1ccc(OCc2ccc(CN3CCOCC3)cc2C)c(-c2csc(N3CCC(CC=O)C3)n2)c1. The Labute approximate surface area is 217 Å². The molecule has 1 aromatic heterocycles. The molecule has 3 aromatic rings. The van der Waals surface area contributed by atoms with E-state index in [-0.39, 0.29) is 0 Å². The minimum absolute atomic E-state index is 0.441. The van der Waals surface area contributed by atoms with E-state index in [1.54, 1.807) is 11.3 Å². The van der Waals surface area contributed by atoms with E-state index < -0.39 is 0 Å². The van der Waals surface area contributed by atoms with E-state index >= 15 is 0 Å². The Balaban J connectivity index is 1.27. The Bertz CT molecular complexity index is 1190. The van der Waals surface area contributed by atoms with E-state index in [1.807, 2.05) is 0 Å². The average molecular weight is 506 g/mol. The highest BCUT2D eigenvalue weighted by Crippen LogP contribution is 2.36. The van der Waals surface area contributed by atoms with Gasteiger partial charge in [0.25, 0.3) is 0 Å². The second-order valence-electron chi connectivity index (χ2n) is 9.96. The van der Waals surface area contributed by atoms with Crippen LogP contribution in [0.3, 0.4) is 0 Å². The summed E-state index contributed by atoms with van der Waals surface area (Å²) in [6.45, 7) is 11.3. The lowest BCUT2D eigenvalue weighted by atomic mass is 10.0. The van der Waals surface area contributed by atoms with Crippen LogP contribution in [0.4, 0.5) is 5.13 Å². The summed E-state index contributed by atoms with van der Waals surface area (Å²) in [6.07, 6.45) is 2.73. The number of nitrogens with zero attached hydrogens (tertiary/aromatic N) is 3. The molecular formula is C29H35N3O3S. The number of hydrogen-bond acceptors (Lipinski definition) is 7. The van der Waals surface area contributed by atoms with Crippen LogP contribution >= 0.6 is 11.3 Å². The van der Waals surface area contributed by atoms with Gasteiger partial charge in [0.1, 0.15) is 18.6 Å². The highest BCUT2D eigenvalue weighted by Gasteiger charge is 2.25. The van der Waals surface area contributed by atoms with Crippen molar-refractivity contribution in [1.82, 2.24) is 9.88 Å². The molecule has 2 fully saturated rings. The molecule has 6 nitrogen and oxygen atoms in total. The Morgan fingerprint density at radius 2 is 2.00 bits per heavy atom. The van der Waals surface area contributed by atoms with Gasteiger partial charge in [0.15, 0.2) is 5.13 Å². The summed E-state index contributed by atoms with van der Waals surface area (Å²) in [6, 6.07) is 13.0. The van der Waals surface area contributed by atoms with Gasteiger partial charge in [-0.2, -0.15) is 0 Å². The fourth-order valence-corrected chi connectivity index (χ4v) is 5.89. The van der Waals surface area contributed by atoms with Crippen molar-refractivity contribution in [3.8, 4) is 17.0 Å². The van der Waals surface area contributed by atoms with Gasteiger partial charge in [0, 0.05) is 50.1 Å². The van der Waals surface area contributed by atoms with Gasteiger partial charge in [-0.1, -0.05) is 29.8 Å². The van der Waals surface area contributed by atoms with Gasteiger partial charge in [-0.15, -0.1) is 11.3 Å². The van der Waals surface area contributed by atoms with Crippen LogP contribution in [0, 0.1) is 19.8 Å². The minimum atomic E-state index is 0.441. The lowest BCUT2D eigenvalue weighted by molar-refractivity contribution is -0.108. The number of morpholine rings is 1. The normalized spacial score (nSPS) is 18.5. The number of carbonyl (C=O) groups excluding carboxylic acids is 1. The van der Waals surface area contributed by atoms with E-state index in [4.69, 9.17) is 14.5 Å². The van der Waals surface area contributed by atoms with Gasteiger partial charge in [0.05, 0.1) is 18.9 Å². The number of rotatable bonds is 9. The van der Waals surface area contributed by atoms with Crippen LogP contribution in [0.5, 0.6) is 5.75 Å². The molecule has 0 aliphatic carbocycles. The zero-order valence-corrected chi connectivity index (χ0v) is 22.1. The van der Waals surface area contributed by atoms with Gasteiger partial charge >= 0.3 is 0 Å². The van der Waals surface area contributed by atoms with Crippen molar-refractivity contribution in [2.24, 2.45) is 5.92 Å². The largest absolute Gasteiger partial charge is 0.488 e. The maximum atomic E-state index is 10.9. The van der Waals surface area contributed by atoms with Crippen LogP contribution in [-0.4, -0.2) is 55.6 Å². The molecule has 2 aliphatic rings. The molecule has 0 saturated carbocycles. The van der Waals surface area contributed by atoms with Crippen molar-refractivity contribution < 1.29 is 14.3 Å². The summed E-state index contributed by atoms with van der Waals surface area (Å²) >= 11 is 1.67. The standard InChI is InChI=1S/C29H35N3O3S/c1-21-3-6-28(26(15-21)27-20-36-29(30-27)32-9-7-23(18-32)8-12-33)35-19-25-5-4-24(16-22(25)2)17-31-10-13-34-14-11-31/h3-6,12,15-16,20,23H,7-11,13-14,17-19H2,1-2H3. The van der Waals surface area contributed by atoms with E-state index in [0.717, 1.165) is 80.8 Å². The molecule has 36 heavy (non-hydrogen) atoms. The van der Waals surface area contributed by atoms with Crippen LogP contribution < -0.4 is 9.64 Å². The lowest BCUT2D eigenvalue weighted by Gasteiger charge is -2.26. The number of thiazole rings is 1. The quantitative estimate of drug-likeness (QED) is 0.370. The van der Waals surface area contributed by atoms with Crippen LogP contribution in [0.15, 0.2) is 41.8 Å². The topological polar surface area (TPSA) is 54.9 Å². The highest BCUT2D eigenvalue weighted by molar-refractivity contribution is 7.14. The second kappa shape index (κ2) is 11.5. The first-order valence-corrected chi connectivity index (χ1v) is 13.7. The van der Waals surface area contributed by atoms with Gasteiger partial charge < -0.3 is 19.2 Å². The molecular weight excluding hydrogens is 470 g/mol. The van der Waals surface area contributed by atoms with E-state index in [1.165, 1.54) is 22.3 Å². The molecule has 0 bridgehead atoms. The first-order valence-electron chi connectivity index (χ1n) is 12.9.